The Morgan fingerprint density at radius 1 is 0.600 bits per heavy atom. The normalized spacial score (nSPS) is 13.8. The minimum Gasteiger partial charge on any atom is -0.464 e. The second kappa shape index (κ2) is 31.3. The standard InChI is InChI=1S/C34H69NO5/c1-2-3-4-5-6-7-8-12-15-18-21-24-27-32(37)34(39)31(35)30-40-33(38)28-25-22-19-16-13-10-9-11-14-17-20-23-26-29-36/h31-32,34,36-37,39H,2-30,35H2,1H3. The summed E-state index contributed by atoms with van der Waals surface area (Å²) in [6.07, 6.45) is 29.5. The van der Waals surface area contributed by atoms with Crippen LogP contribution in [0.2, 0.25) is 0 Å². The van der Waals surface area contributed by atoms with Gasteiger partial charge < -0.3 is 25.8 Å². The van der Waals surface area contributed by atoms with Crippen LogP contribution < -0.4 is 5.73 Å². The largest absolute Gasteiger partial charge is 0.464 e. The molecule has 0 aromatic rings. The zero-order valence-corrected chi connectivity index (χ0v) is 26.5. The summed E-state index contributed by atoms with van der Waals surface area (Å²) in [7, 11) is 0. The van der Waals surface area contributed by atoms with Gasteiger partial charge in [-0.05, 0) is 19.3 Å². The van der Waals surface area contributed by atoms with Gasteiger partial charge in [-0.1, -0.05) is 155 Å². The fourth-order valence-corrected chi connectivity index (χ4v) is 5.34. The average molecular weight is 572 g/mol. The zero-order valence-electron chi connectivity index (χ0n) is 26.5. The number of carbonyl (C=O) groups excluding carboxylic acids is 1. The van der Waals surface area contributed by atoms with Crippen molar-refractivity contribution in [2.75, 3.05) is 13.2 Å². The van der Waals surface area contributed by atoms with Crippen molar-refractivity contribution in [1.29, 1.82) is 0 Å². The molecule has 0 aromatic carbocycles. The number of hydrogen-bond acceptors (Lipinski definition) is 6. The molecular weight excluding hydrogens is 502 g/mol. The minimum atomic E-state index is -1.06. The third kappa shape index (κ3) is 27.5. The topological polar surface area (TPSA) is 113 Å². The van der Waals surface area contributed by atoms with Gasteiger partial charge in [0.25, 0.3) is 0 Å². The van der Waals surface area contributed by atoms with Crippen LogP contribution in [0.4, 0.5) is 0 Å². The fraction of sp³-hybridized carbons (Fsp3) is 0.971. The lowest BCUT2D eigenvalue weighted by molar-refractivity contribution is -0.145. The molecule has 6 heteroatoms. The van der Waals surface area contributed by atoms with Crippen molar-refractivity contribution < 1.29 is 24.9 Å². The maximum atomic E-state index is 12.0. The molecule has 40 heavy (non-hydrogen) atoms. The smallest absolute Gasteiger partial charge is 0.305 e. The van der Waals surface area contributed by atoms with E-state index in [9.17, 15) is 15.0 Å². The van der Waals surface area contributed by atoms with Gasteiger partial charge in [0.2, 0.25) is 0 Å². The maximum absolute atomic E-state index is 12.0. The van der Waals surface area contributed by atoms with E-state index < -0.39 is 18.2 Å². The van der Waals surface area contributed by atoms with Crippen molar-refractivity contribution >= 4 is 5.97 Å². The van der Waals surface area contributed by atoms with Crippen LogP contribution in [0.3, 0.4) is 0 Å². The number of aliphatic hydroxyl groups excluding tert-OH is 3. The van der Waals surface area contributed by atoms with E-state index in [0.717, 1.165) is 44.9 Å². The predicted octanol–water partition coefficient (Wildman–Crippen LogP) is 8.12. The Labute approximate surface area is 248 Å². The number of esters is 1. The molecule has 0 aromatic heterocycles. The van der Waals surface area contributed by atoms with Gasteiger partial charge >= 0.3 is 5.97 Å². The van der Waals surface area contributed by atoms with Crippen LogP contribution in [0, 0.1) is 0 Å². The summed E-state index contributed by atoms with van der Waals surface area (Å²) < 4.78 is 5.26. The van der Waals surface area contributed by atoms with Gasteiger partial charge in [-0.15, -0.1) is 0 Å². The van der Waals surface area contributed by atoms with Crippen LogP contribution in [0.15, 0.2) is 0 Å². The molecule has 0 rings (SSSR count). The summed E-state index contributed by atoms with van der Waals surface area (Å²) in [4.78, 5) is 12.0. The fourth-order valence-electron chi connectivity index (χ4n) is 5.34. The third-order valence-electron chi connectivity index (χ3n) is 8.16. The highest BCUT2D eigenvalue weighted by Gasteiger charge is 2.24. The Bertz CT molecular complexity index is 519. The summed E-state index contributed by atoms with van der Waals surface area (Å²) in [5.74, 6) is -0.267. The van der Waals surface area contributed by atoms with Gasteiger partial charge in [0.1, 0.15) is 6.61 Å². The molecule has 3 atom stereocenters. The molecule has 0 fully saturated rings. The number of rotatable bonds is 32. The van der Waals surface area contributed by atoms with Crippen molar-refractivity contribution in [3.8, 4) is 0 Å². The van der Waals surface area contributed by atoms with Gasteiger partial charge in [-0.2, -0.15) is 0 Å². The summed E-state index contributed by atoms with van der Waals surface area (Å²) in [5, 5.41) is 29.4. The molecule has 0 radical (unpaired) electrons. The van der Waals surface area contributed by atoms with Gasteiger partial charge in [0, 0.05) is 13.0 Å². The highest BCUT2D eigenvalue weighted by Crippen LogP contribution is 2.15. The summed E-state index contributed by atoms with van der Waals surface area (Å²) in [5.41, 5.74) is 5.99. The molecular formula is C34H69NO5. The summed E-state index contributed by atoms with van der Waals surface area (Å²) >= 11 is 0. The van der Waals surface area contributed by atoms with E-state index in [1.807, 2.05) is 0 Å². The Balaban J connectivity index is 3.53. The number of nitrogens with two attached hydrogens (primary N) is 1. The Kier molecular flexibility index (Phi) is 30.7. The molecule has 3 unspecified atom stereocenters. The minimum absolute atomic E-state index is 0.0447. The van der Waals surface area contributed by atoms with Crippen molar-refractivity contribution in [2.24, 2.45) is 5.73 Å². The number of carbonyl (C=O) groups is 1. The molecule has 0 bridgehead atoms. The van der Waals surface area contributed by atoms with E-state index in [2.05, 4.69) is 6.92 Å². The van der Waals surface area contributed by atoms with Crippen molar-refractivity contribution in [1.82, 2.24) is 0 Å². The van der Waals surface area contributed by atoms with E-state index in [-0.39, 0.29) is 12.6 Å². The lowest BCUT2D eigenvalue weighted by Gasteiger charge is -2.23. The van der Waals surface area contributed by atoms with E-state index in [4.69, 9.17) is 15.6 Å². The van der Waals surface area contributed by atoms with E-state index >= 15 is 0 Å². The van der Waals surface area contributed by atoms with Crippen LogP contribution in [-0.2, 0) is 9.53 Å². The third-order valence-corrected chi connectivity index (χ3v) is 8.16. The molecule has 0 amide bonds. The lowest BCUT2D eigenvalue weighted by atomic mass is 10.00. The molecule has 0 aliphatic carbocycles. The molecule has 0 saturated carbocycles. The number of ether oxygens (including phenoxy) is 1. The average Bonchev–Trinajstić information content (AvgIpc) is 2.96. The van der Waals surface area contributed by atoms with Gasteiger partial charge in [-0.3, -0.25) is 4.79 Å². The molecule has 0 heterocycles. The van der Waals surface area contributed by atoms with Crippen molar-refractivity contribution in [3.05, 3.63) is 0 Å². The second-order valence-electron chi connectivity index (χ2n) is 12.2. The number of aliphatic hydroxyl groups is 3. The first-order valence-electron chi connectivity index (χ1n) is 17.4. The highest BCUT2D eigenvalue weighted by atomic mass is 16.5. The van der Waals surface area contributed by atoms with Crippen LogP contribution in [0.5, 0.6) is 0 Å². The monoisotopic (exact) mass is 572 g/mol. The van der Waals surface area contributed by atoms with Crippen LogP contribution in [0.25, 0.3) is 0 Å². The van der Waals surface area contributed by atoms with Crippen molar-refractivity contribution in [3.63, 3.8) is 0 Å². The van der Waals surface area contributed by atoms with Gasteiger partial charge in [-0.25, -0.2) is 0 Å². The molecule has 240 valence electrons. The molecule has 5 N–H and O–H groups in total. The Morgan fingerprint density at radius 3 is 1.40 bits per heavy atom. The molecule has 0 saturated heterocycles. The van der Waals surface area contributed by atoms with Crippen LogP contribution in [-0.4, -0.2) is 52.8 Å². The molecule has 0 aliphatic heterocycles. The summed E-state index contributed by atoms with van der Waals surface area (Å²) in [6, 6.07) is -0.753. The second-order valence-corrected chi connectivity index (χ2v) is 12.2. The van der Waals surface area contributed by atoms with E-state index in [1.54, 1.807) is 0 Å². The van der Waals surface area contributed by atoms with Crippen LogP contribution in [0.1, 0.15) is 180 Å². The zero-order chi connectivity index (χ0) is 29.5. The highest BCUT2D eigenvalue weighted by molar-refractivity contribution is 5.69. The van der Waals surface area contributed by atoms with E-state index in [0.29, 0.717) is 19.4 Å². The number of hydrogen-bond donors (Lipinski definition) is 4. The van der Waals surface area contributed by atoms with Gasteiger partial charge in [0.15, 0.2) is 0 Å². The lowest BCUT2D eigenvalue weighted by Crippen LogP contribution is -2.46. The van der Waals surface area contributed by atoms with Gasteiger partial charge in [0.05, 0.1) is 18.2 Å². The first-order chi connectivity index (χ1) is 19.5. The van der Waals surface area contributed by atoms with Crippen molar-refractivity contribution in [2.45, 2.75) is 199 Å². The van der Waals surface area contributed by atoms with Crippen LogP contribution >= 0.6 is 0 Å². The Hall–Kier alpha value is -0.690. The maximum Gasteiger partial charge on any atom is 0.305 e. The molecule has 6 nitrogen and oxygen atoms in total. The first-order valence-corrected chi connectivity index (χ1v) is 17.4. The first kappa shape index (κ1) is 39.3. The predicted molar refractivity (Wildman–Crippen MR) is 168 cm³/mol. The van der Waals surface area contributed by atoms with E-state index in [1.165, 1.54) is 116 Å². The summed E-state index contributed by atoms with van der Waals surface area (Å²) in [6.45, 7) is 2.53. The Morgan fingerprint density at radius 2 is 0.975 bits per heavy atom. The number of unbranched alkanes of at least 4 members (excludes halogenated alkanes) is 23. The SMILES string of the molecule is CCCCCCCCCCCCCCC(O)C(O)C(N)COC(=O)CCCCCCCCCCCCCCCO. The molecule has 0 spiro atoms. The quantitative estimate of drug-likeness (QED) is 0.0479. The molecule has 0 aliphatic rings.